The number of rotatable bonds is 14. The highest BCUT2D eigenvalue weighted by Gasteiger charge is 2.36. The van der Waals surface area contributed by atoms with Gasteiger partial charge in [-0.1, -0.05) is 83.1 Å². The van der Waals surface area contributed by atoms with Gasteiger partial charge in [-0.3, -0.25) is 14.2 Å². The summed E-state index contributed by atoms with van der Waals surface area (Å²) in [5.41, 5.74) is 3.33. The number of Topliss-reactive ketones (excluding diaryl/α,β-unsaturated/α-hetero) is 1. The average Bonchev–Trinajstić information content (AvgIpc) is 3.66. The lowest BCUT2D eigenvalue weighted by molar-refractivity contribution is -0.133. The number of halogens is 2. The molecule has 0 aliphatic heterocycles. The quantitative estimate of drug-likeness (QED) is 0.196. The third kappa shape index (κ3) is 15.3. The molecule has 0 saturated heterocycles. The summed E-state index contributed by atoms with van der Waals surface area (Å²) in [6, 6.07) is -2.89. The molecule has 8 nitrogen and oxygen atoms in total. The van der Waals surface area contributed by atoms with Crippen LogP contribution in [-0.4, -0.2) is 46.3 Å². The molecular weight excluding hydrogens is 574 g/mol. The molecule has 0 saturated carbocycles. The van der Waals surface area contributed by atoms with Crippen LogP contribution in [0, 0.1) is 35.5 Å². The molecule has 1 atom stereocenters. The number of hydrogen-bond donors (Lipinski definition) is 1. The molecule has 0 fully saturated rings. The largest absolute Gasteiger partial charge is 0.391 e. The molecule has 3 heterocycles. The van der Waals surface area contributed by atoms with Crippen molar-refractivity contribution in [1.29, 1.82) is 0 Å². The molecular formula is C35H60F2N6O2. The van der Waals surface area contributed by atoms with Gasteiger partial charge in [-0.25, -0.2) is 4.68 Å². The van der Waals surface area contributed by atoms with E-state index < -0.39 is 12.0 Å². The van der Waals surface area contributed by atoms with Gasteiger partial charge in [-0.05, 0) is 59.6 Å². The zero-order chi connectivity index (χ0) is 34.5. The lowest BCUT2D eigenvalue weighted by Crippen LogP contribution is -2.29. The Kier molecular flexibility index (Phi) is 16.9. The minimum absolute atomic E-state index is 0.0859. The summed E-state index contributed by atoms with van der Waals surface area (Å²) < 4.78 is 31.4. The van der Waals surface area contributed by atoms with Crippen LogP contribution in [-0.2, 0) is 43.2 Å². The van der Waals surface area contributed by atoms with Crippen LogP contribution in [0.2, 0.25) is 0 Å². The first-order valence-electron chi connectivity index (χ1n) is 16.5. The Morgan fingerprint density at radius 3 is 1.56 bits per heavy atom. The Balaban J connectivity index is 0.000000337. The molecule has 3 rings (SSSR count). The van der Waals surface area contributed by atoms with Crippen LogP contribution in [0.3, 0.4) is 0 Å². The lowest BCUT2D eigenvalue weighted by atomic mass is 10.1. The Labute approximate surface area is 270 Å². The van der Waals surface area contributed by atoms with Crippen LogP contribution >= 0.6 is 0 Å². The van der Waals surface area contributed by atoms with E-state index in [4.69, 9.17) is 0 Å². The molecule has 3 aromatic heterocycles. The number of aliphatic hydroxyl groups excluding tert-OH is 1. The number of hydrogen-bond acceptors (Lipinski definition) is 5. The van der Waals surface area contributed by atoms with Gasteiger partial charge in [-0.15, -0.1) is 0 Å². The van der Waals surface area contributed by atoms with Crippen molar-refractivity contribution in [2.24, 2.45) is 35.5 Å². The van der Waals surface area contributed by atoms with E-state index in [-0.39, 0.29) is 23.7 Å². The van der Waals surface area contributed by atoms with Crippen LogP contribution in [0.1, 0.15) is 99.8 Å². The van der Waals surface area contributed by atoms with Crippen LogP contribution < -0.4 is 0 Å². The maximum Gasteiger partial charge on any atom is 0.345 e. The van der Waals surface area contributed by atoms with E-state index in [0.717, 1.165) is 29.5 Å². The summed E-state index contributed by atoms with van der Waals surface area (Å²) in [5, 5.41) is 21.9. The average molecular weight is 635 g/mol. The van der Waals surface area contributed by atoms with Gasteiger partial charge in [0.15, 0.2) is 5.78 Å². The number of nitrogens with zero attached hydrogens (tertiary/aromatic N) is 6. The van der Waals surface area contributed by atoms with Gasteiger partial charge in [0.05, 0.1) is 37.8 Å². The zero-order valence-electron chi connectivity index (χ0n) is 29.8. The molecule has 10 heteroatoms. The number of aromatic nitrogens is 6. The molecule has 1 N–H and O–H groups in total. The first kappa shape index (κ1) is 40.1. The summed E-state index contributed by atoms with van der Waals surface area (Å²) in [4.78, 5) is 11.5. The van der Waals surface area contributed by atoms with E-state index in [1.807, 2.05) is 57.2 Å². The van der Waals surface area contributed by atoms with Crippen LogP contribution in [0.4, 0.5) is 8.78 Å². The van der Waals surface area contributed by atoms with E-state index in [0.29, 0.717) is 30.8 Å². The number of carbonyl (C=O) groups is 1. The van der Waals surface area contributed by atoms with Crippen molar-refractivity contribution in [3.63, 3.8) is 0 Å². The van der Waals surface area contributed by atoms with Gasteiger partial charge in [0.1, 0.15) is 0 Å². The summed E-state index contributed by atoms with van der Waals surface area (Å²) in [6.07, 6.45) is 13.3. The van der Waals surface area contributed by atoms with Crippen molar-refractivity contribution in [3.8, 4) is 0 Å². The van der Waals surface area contributed by atoms with Gasteiger partial charge < -0.3 is 5.11 Å². The molecule has 256 valence electrons. The molecule has 0 amide bonds. The smallest absolute Gasteiger partial charge is 0.345 e. The van der Waals surface area contributed by atoms with Crippen molar-refractivity contribution in [2.75, 3.05) is 0 Å². The first-order chi connectivity index (χ1) is 20.8. The van der Waals surface area contributed by atoms with Gasteiger partial charge in [-0.2, -0.15) is 24.1 Å². The molecule has 3 aromatic rings. The fourth-order valence-corrected chi connectivity index (χ4v) is 4.26. The summed E-state index contributed by atoms with van der Waals surface area (Å²) in [7, 11) is 0. The molecule has 0 bridgehead atoms. The molecule has 0 aromatic carbocycles. The van der Waals surface area contributed by atoms with Crippen molar-refractivity contribution in [1.82, 2.24) is 29.3 Å². The summed E-state index contributed by atoms with van der Waals surface area (Å²) in [5.74, 6) is 1.58. The summed E-state index contributed by atoms with van der Waals surface area (Å²) in [6.45, 7) is 24.7. The Bertz CT molecular complexity index is 1240. The van der Waals surface area contributed by atoms with Gasteiger partial charge in [0.25, 0.3) is 0 Å². The highest BCUT2D eigenvalue weighted by atomic mass is 19.3. The Hall–Kier alpha value is -2.88. The van der Waals surface area contributed by atoms with E-state index in [2.05, 4.69) is 56.8 Å². The second-order valence-electron chi connectivity index (χ2n) is 14.4. The molecule has 0 spiro atoms. The number of carbonyl (C=O) groups excluding carboxylic acids is 1. The number of alkyl halides is 2. The SMILES string of the molecule is CC(C)Cc1cnn(C(F)(F)C(C)C)c1.CC(C)Cc1cnn(CC(=O)C(C)C)c1.CC(C)Cc1cnn(CC(O)C(C)C)c1. The van der Waals surface area contributed by atoms with Gasteiger partial charge >= 0.3 is 6.05 Å². The van der Waals surface area contributed by atoms with Crippen LogP contribution in [0.15, 0.2) is 37.2 Å². The third-order valence-electron chi connectivity index (χ3n) is 7.05. The highest BCUT2D eigenvalue weighted by molar-refractivity contribution is 5.79. The summed E-state index contributed by atoms with van der Waals surface area (Å²) >= 11 is 0. The molecule has 1 unspecified atom stereocenters. The van der Waals surface area contributed by atoms with Crippen molar-refractivity contribution in [3.05, 3.63) is 53.9 Å². The molecule has 0 radical (unpaired) electrons. The maximum absolute atomic E-state index is 13.5. The monoisotopic (exact) mass is 634 g/mol. The number of ketones is 1. The second-order valence-corrected chi connectivity index (χ2v) is 14.4. The van der Waals surface area contributed by atoms with E-state index >= 15 is 0 Å². The fraction of sp³-hybridized carbons (Fsp3) is 0.714. The van der Waals surface area contributed by atoms with Gasteiger partial charge in [0, 0.05) is 30.4 Å². The third-order valence-corrected chi connectivity index (χ3v) is 7.05. The van der Waals surface area contributed by atoms with Crippen LogP contribution in [0.25, 0.3) is 0 Å². The highest BCUT2D eigenvalue weighted by Crippen LogP contribution is 2.29. The van der Waals surface area contributed by atoms with Crippen LogP contribution in [0.5, 0.6) is 0 Å². The predicted octanol–water partition coefficient (Wildman–Crippen LogP) is 7.69. The van der Waals surface area contributed by atoms with Gasteiger partial charge in [0.2, 0.25) is 0 Å². The zero-order valence-corrected chi connectivity index (χ0v) is 29.8. The standard InChI is InChI=1S/C12H22N2O.C12H20N2O.C11H18F2N2/c2*1-9(2)5-11-6-13-14(7-11)8-12(15)10(3)4;1-8(2)5-10-6-14-15(7-10)11(12,13)9(3)4/h6-7,9-10,12,15H,5,8H2,1-4H3;6-7,9-10H,5,8H2,1-4H3;6-9H,5H2,1-4H3. The Morgan fingerprint density at radius 1 is 0.711 bits per heavy atom. The van der Waals surface area contributed by atoms with Crippen molar-refractivity contribution in [2.45, 2.75) is 128 Å². The minimum Gasteiger partial charge on any atom is -0.391 e. The molecule has 45 heavy (non-hydrogen) atoms. The predicted molar refractivity (Wildman–Crippen MR) is 178 cm³/mol. The van der Waals surface area contributed by atoms with Crippen molar-refractivity contribution < 1.29 is 18.7 Å². The Morgan fingerprint density at radius 2 is 1.13 bits per heavy atom. The normalized spacial score (nSPS) is 12.6. The van der Waals surface area contributed by atoms with E-state index in [1.165, 1.54) is 37.4 Å². The fourth-order valence-electron chi connectivity index (χ4n) is 4.26. The number of aliphatic hydroxyl groups is 1. The van der Waals surface area contributed by atoms with E-state index in [9.17, 15) is 18.7 Å². The van der Waals surface area contributed by atoms with Crippen molar-refractivity contribution >= 4 is 5.78 Å². The first-order valence-corrected chi connectivity index (χ1v) is 16.5. The molecule has 0 aliphatic carbocycles. The maximum atomic E-state index is 13.5. The second kappa shape index (κ2) is 18.9. The lowest BCUT2D eigenvalue weighted by Gasteiger charge is -2.20. The van der Waals surface area contributed by atoms with E-state index in [1.54, 1.807) is 4.68 Å². The topological polar surface area (TPSA) is 90.8 Å². The minimum atomic E-state index is -2.89. The molecule has 0 aliphatic rings.